The average molecular weight is 581 g/mol. The van der Waals surface area contributed by atoms with E-state index in [1.165, 1.54) is 11.3 Å². The van der Waals surface area contributed by atoms with Crippen LogP contribution in [0.2, 0.25) is 0 Å². The van der Waals surface area contributed by atoms with Crippen molar-refractivity contribution < 1.29 is 13.9 Å². The van der Waals surface area contributed by atoms with Crippen LogP contribution in [0, 0.1) is 5.82 Å². The number of carbonyl (C=O) groups excluding carboxylic acids is 1. The molecule has 0 spiro atoms. The molecule has 0 bridgehead atoms. The van der Waals surface area contributed by atoms with Crippen molar-refractivity contribution >= 4 is 57.2 Å². The molecule has 7 nitrogen and oxygen atoms in total. The standard InChI is InChI=1S/C27H30FN5O2S.2ClH/c1-32-10-7-17(8-11-32)30-26(34)19-13-25-23(14-24(19)35-2)33-15-22(31-27(33)36-25)18-6-5-16(12-20(18)28)21-4-3-9-29-21;;/h5-6,12-15,17,21,29H,3-4,7-11H2,1-2H3,(H,30,34);2*1H/t21-;;/m1../s1. The molecule has 2 fully saturated rings. The fourth-order valence-corrected chi connectivity index (χ4v) is 6.37. The summed E-state index contributed by atoms with van der Waals surface area (Å²) in [6, 6.07) is 9.59. The van der Waals surface area contributed by atoms with E-state index in [0.29, 0.717) is 22.6 Å². The Bertz CT molecular complexity index is 1440. The van der Waals surface area contributed by atoms with E-state index in [2.05, 4.69) is 22.6 Å². The summed E-state index contributed by atoms with van der Waals surface area (Å²) >= 11 is 1.48. The lowest BCUT2D eigenvalue weighted by molar-refractivity contribution is 0.0914. The molecule has 1 amide bonds. The van der Waals surface area contributed by atoms with Crippen LogP contribution in [0.5, 0.6) is 5.75 Å². The van der Waals surface area contributed by atoms with Crippen LogP contribution in [0.25, 0.3) is 26.4 Å². The van der Waals surface area contributed by atoms with Crippen molar-refractivity contribution in [1.29, 1.82) is 0 Å². The number of imidazole rings is 1. The summed E-state index contributed by atoms with van der Waals surface area (Å²) in [7, 11) is 3.68. The number of ether oxygens (including phenoxy) is 1. The Morgan fingerprint density at radius 3 is 2.66 bits per heavy atom. The van der Waals surface area contributed by atoms with Gasteiger partial charge in [0.05, 0.1) is 28.6 Å². The van der Waals surface area contributed by atoms with Gasteiger partial charge in [0, 0.05) is 29.9 Å². The third kappa shape index (κ3) is 5.35. The molecule has 1 atom stereocenters. The van der Waals surface area contributed by atoms with Gasteiger partial charge in [-0.3, -0.25) is 9.20 Å². The third-order valence-electron chi connectivity index (χ3n) is 7.45. The normalized spacial score (nSPS) is 18.3. The summed E-state index contributed by atoms with van der Waals surface area (Å²) in [5.74, 6) is 0.137. The number of halogens is 3. The fraction of sp³-hybridized carbons (Fsp3) is 0.407. The van der Waals surface area contributed by atoms with E-state index in [1.807, 2.05) is 34.9 Å². The van der Waals surface area contributed by atoms with Gasteiger partial charge in [-0.1, -0.05) is 17.4 Å². The van der Waals surface area contributed by atoms with Gasteiger partial charge in [0.25, 0.3) is 5.91 Å². The highest BCUT2D eigenvalue weighted by Gasteiger charge is 2.23. The molecule has 0 radical (unpaired) electrons. The van der Waals surface area contributed by atoms with Crippen molar-refractivity contribution in [3.05, 3.63) is 53.5 Å². The van der Waals surface area contributed by atoms with Crippen molar-refractivity contribution in [1.82, 2.24) is 24.9 Å². The van der Waals surface area contributed by atoms with E-state index in [-0.39, 0.29) is 48.6 Å². The molecule has 0 unspecified atom stereocenters. The molecule has 204 valence electrons. The Morgan fingerprint density at radius 1 is 1.18 bits per heavy atom. The van der Waals surface area contributed by atoms with Crippen molar-refractivity contribution in [2.45, 2.75) is 37.8 Å². The van der Waals surface area contributed by atoms with Gasteiger partial charge < -0.3 is 20.3 Å². The summed E-state index contributed by atoms with van der Waals surface area (Å²) in [6.07, 6.45) is 5.89. The fourth-order valence-electron chi connectivity index (χ4n) is 5.34. The summed E-state index contributed by atoms with van der Waals surface area (Å²) in [6.45, 7) is 2.93. The smallest absolute Gasteiger partial charge is 0.255 e. The highest BCUT2D eigenvalue weighted by atomic mass is 35.5. The molecule has 4 heterocycles. The van der Waals surface area contributed by atoms with Crippen LogP contribution < -0.4 is 15.4 Å². The molecule has 2 aromatic carbocycles. The molecule has 38 heavy (non-hydrogen) atoms. The van der Waals surface area contributed by atoms with Crippen LogP contribution in [0.1, 0.15) is 47.6 Å². The first kappa shape index (κ1) is 28.6. The van der Waals surface area contributed by atoms with Gasteiger partial charge in [-0.05, 0) is 76.1 Å². The molecule has 11 heteroatoms. The molecule has 0 saturated carbocycles. The Labute approximate surface area is 237 Å². The van der Waals surface area contributed by atoms with Gasteiger partial charge in [0.2, 0.25) is 0 Å². The number of rotatable bonds is 5. The molecule has 2 saturated heterocycles. The minimum Gasteiger partial charge on any atom is -0.496 e. The number of nitrogens with one attached hydrogen (secondary N) is 2. The van der Waals surface area contributed by atoms with E-state index in [4.69, 9.17) is 9.72 Å². The minimum absolute atomic E-state index is 0. The molecule has 2 aliphatic heterocycles. The van der Waals surface area contributed by atoms with E-state index in [9.17, 15) is 4.79 Å². The summed E-state index contributed by atoms with van der Waals surface area (Å²) in [5, 5.41) is 6.59. The van der Waals surface area contributed by atoms with Crippen LogP contribution in [0.3, 0.4) is 0 Å². The summed E-state index contributed by atoms with van der Waals surface area (Å²) in [4.78, 5) is 20.8. The van der Waals surface area contributed by atoms with Crippen molar-refractivity contribution in [3.63, 3.8) is 0 Å². The van der Waals surface area contributed by atoms with Crippen molar-refractivity contribution in [3.8, 4) is 17.0 Å². The van der Waals surface area contributed by atoms with Gasteiger partial charge in [-0.25, -0.2) is 9.37 Å². The second kappa shape index (κ2) is 11.8. The van der Waals surface area contributed by atoms with E-state index in [1.54, 1.807) is 13.2 Å². The molecule has 2 N–H and O–H groups in total. The van der Waals surface area contributed by atoms with Gasteiger partial charge in [-0.15, -0.1) is 24.8 Å². The second-order valence-corrected chi connectivity index (χ2v) is 10.8. The van der Waals surface area contributed by atoms with Gasteiger partial charge in [0.1, 0.15) is 11.6 Å². The summed E-state index contributed by atoms with van der Waals surface area (Å²) in [5.41, 5.74) is 3.47. The van der Waals surface area contributed by atoms with Crippen LogP contribution in [-0.4, -0.2) is 60.0 Å². The number of carbonyl (C=O) groups is 1. The number of methoxy groups -OCH3 is 1. The first-order valence-electron chi connectivity index (χ1n) is 12.5. The summed E-state index contributed by atoms with van der Waals surface area (Å²) < 4.78 is 23.6. The number of hydrogen-bond acceptors (Lipinski definition) is 6. The Hall–Kier alpha value is -2.43. The maximum absolute atomic E-state index is 15.1. The maximum atomic E-state index is 15.1. The van der Waals surface area contributed by atoms with Crippen molar-refractivity contribution in [2.75, 3.05) is 33.8 Å². The maximum Gasteiger partial charge on any atom is 0.255 e. The third-order valence-corrected chi connectivity index (χ3v) is 8.46. The Balaban J connectivity index is 0.00000168. The number of nitrogens with zero attached hydrogens (tertiary/aromatic N) is 3. The first-order valence-corrected chi connectivity index (χ1v) is 13.3. The average Bonchev–Trinajstić information content (AvgIpc) is 3.61. The number of amides is 1. The largest absolute Gasteiger partial charge is 0.496 e. The van der Waals surface area contributed by atoms with Crippen LogP contribution in [0.15, 0.2) is 36.5 Å². The van der Waals surface area contributed by atoms with Gasteiger partial charge >= 0.3 is 0 Å². The molecule has 2 aliphatic rings. The second-order valence-electron chi connectivity index (χ2n) is 9.84. The predicted molar refractivity (Wildman–Crippen MR) is 155 cm³/mol. The number of aromatic nitrogens is 2. The Morgan fingerprint density at radius 2 is 1.97 bits per heavy atom. The zero-order valence-electron chi connectivity index (χ0n) is 21.3. The number of likely N-dealkylation sites (tertiary alicyclic amines) is 1. The molecular formula is C27H32Cl2FN5O2S. The van der Waals surface area contributed by atoms with E-state index in [0.717, 1.165) is 66.1 Å². The quantitative estimate of drug-likeness (QED) is 0.329. The van der Waals surface area contributed by atoms with Gasteiger partial charge in [-0.2, -0.15) is 0 Å². The number of thiazole rings is 1. The molecule has 4 aromatic rings. The topological polar surface area (TPSA) is 70.9 Å². The monoisotopic (exact) mass is 579 g/mol. The zero-order valence-corrected chi connectivity index (χ0v) is 23.8. The Kier molecular flexibility index (Phi) is 8.84. The molecule has 0 aliphatic carbocycles. The minimum atomic E-state index is -0.262. The molecule has 6 rings (SSSR count). The van der Waals surface area contributed by atoms with Crippen LogP contribution >= 0.6 is 36.2 Å². The first-order chi connectivity index (χ1) is 17.5. The van der Waals surface area contributed by atoms with Gasteiger partial charge in [0.15, 0.2) is 4.96 Å². The number of piperidine rings is 1. The van der Waals surface area contributed by atoms with E-state index < -0.39 is 0 Å². The highest BCUT2D eigenvalue weighted by Crippen LogP contribution is 2.35. The van der Waals surface area contributed by atoms with Crippen molar-refractivity contribution in [2.24, 2.45) is 0 Å². The lowest BCUT2D eigenvalue weighted by Gasteiger charge is -2.29. The van der Waals surface area contributed by atoms with Crippen LogP contribution in [-0.2, 0) is 0 Å². The highest BCUT2D eigenvalue weighted by molar-refractivity contribution is 7.23. The zero-order chi connectivity index (χ0) is 24.8. The van der Waals surface area contributed by atoms with E-state index >= 15 is 4.39 Å². The molecule has 2 aromatic heterocycles. The number of benzene rings is 2. The predicted octanol–water partition coefficient (Wildman–Crippen LogP) is 5.46. The number of hydrogen-bond donors (Lipinski definition) is 2. The lowest BCUT2D eigenvalue weighted by Crippen LogP contribution is -2.43. The number of fused-ring (bicyclic) bond motifs is 3. The SMILES string of the molecule is COc1cc2c(cc1C(=O)NC1CCN(C)CC1)sc1nc(-c3ccc([C@H]4CCCN4)cc3F)cn12.Cl.Cl. The molecular weight excluding hydrogens is 548 g/mol. The van der Waals surface area contributed by atoms with Crippen LogP contribution in [0.4, 0.5) is 4.39 Å². The lowest BCUT2D eigenvalue weighted by atomic mass is 10.0.